The monoisotopic (exact) mass is 349 g/mol. The van der Waals surface area contributed by atoms with Crippen LogP contribution in [0.15, 0.2) is 22.7 Å². The lowest BCUT2D eigenvalue weighted by Crippen LogP contribution is -2.47. The summed E-state index contributed by atoms with van der Waals surface area (Å²) in [5.74, 6) is -0.0409. The summed E-state index contributed by atoms with van der Waals surface area (Å²) in [7, 11) is 1.93. The van der Waals surface area contributed by atoms with Gasteiger partial charge >= 0.3 is 0 Å². The summed E-state index contributed by atoms with van der Waals surface area (Å²) in [6.45, 7) is 0. The molecule has 0 spiro atoms. The van der Waals surface area contributed by atoms with Crippen LogP contribution >= 0.6 is 15.9 Å². The lowest BCUT2D eigenvalue weighted by atomic mass is 9.79. The van der Waals surface area contributed by atoms with E-state index in [0.717, 1.165) is 30.2 Å². The molecule has 2 N–H and O–H groups in total. The van der Waals surface area contributed by atoms with Crippen LogP contribution in [0, 0.1) is 11.3 Å². The standard InChI is InChI=1S/C16H20BrN3O/c1-19-16(7-3-2-4-8-16)10-15(21)20-14-9-13(17)6-5-12(14)11-18/h5-6,9,19H,2-4,7-8,10H2,1H3,(H,20,21). The molecule has 0 atom stereocenters. The van der Waals surface area contributed by atoms with Crippen molar-refractivity contribution in [3.63, 3.8) is 0 Å². The number of rotatable bonds is 4. The first-order chi connectivity index (χ1) is 10.1. The Kier molecular flexibility index (Phi) is 5.38. The fourth-order valence-corrected chi connectivity index (χ4v) is 3.32. The summed E-state index contributed by atoms with van der Waals surface area (Å²) in [5.41, 5.74) is 0.953. The van der Waals surface area contributed by atoms with E-state index in [0.29, 0.717) is 17.7 Å². The maximum atomic E-state index is 12.3. The highest BCUT2D eigenvalue weighted by Gasteiger charge is 2.32. The molecule has 0 aromatic heterocycles. The Labute approximate surface area is 134 Å². The van der Waals surface area contributed by atoms with Crippen molar-refractivity contribution in [3.8, 4) is 6.07 Å². The third-order valence-corrected chi connectivity index (χ3v) is 4.71. The Balaban J connectivity index is 2.08. The molecule has 4 nitrogen and oxygen atoms in total. The first-order valence-corrected chi connectivity index (χ1v) is 8.06. The average molecular weight is 350 g/mol. The van der Waals surface area contributed by atoms with Gasteiger partial charge in [-0.1, -0.05) is 35.2 Å². The topological polar surface area (TPSA) is 64.9 Å². The molecule has 112 valence electrons. The summed E-state index contributed by atoms with van der Waals surface area (Å²) >= 11 is 3.37. The van der Waals surface area contributed by atoms with E-state index in [1.807, 2.05) is 7.05 Å². The minimum absolute atomic E-state index is 0.0409. The van der Waals surface area contributed by atoms with Gasteiger partial charge in [-0.05, 0) is 38.1 Å². The van der Waals surface area contributed by atoms with Gasteiger partial charge in [-0.2, -0.15) is 5.26 Å². The number of nitriles is 1. The molecule has 0 saturated heterocycles. The fourth-order valence-electron chi connectivity index (χ4n) is 2.96. The number of benzene rings is 1. The number of hydrogen-bond acceptors (Lipinski definition) is 3. The Morgan fingerprint density at radius 3 is 2.71 bits per heavy atom. The molecule has 0 radical (unpaired) electrons. The number of carbonyl (C=O) groups is 1. The summed E-state index contributed by atoms with van der Waals surface area (Å²) in [4.78, 5) is 12.3. The van der Waals surface area contributed by atoms with Gasteiger partial charge in [0.15, 0.2) is 0 Å². The number of hydrogen-bond donors (Lipinski definition) is 2. The largest absolute Gasteiger partial charge is 0.325 e. The minimum Gasteiger partial charge on any atom is -0.325 e. The molecule has 0 aliphatic heterocycles. The van der Waals surface area contributed by atoms with E-state index in [4.69, 9.17) is 5.26 Å². The zero-order valence-corrected chi connectivity index (χ0v) is 13.8. The Morgan fingerprint density at radius 1 is 1.38 bits per heavy atom. The first-order valence-electron chi connectivity index (χ1n) is 7.27. The maximum Gasteiger partial charge on any atom is 0.226 e. The molecule has 1 amide bonds. The van der Waals surface area contributed by atoms with E-state index in [-0.39, 0.29) is 11.4 Å². The van der Waals surface area contributed by atoms with Gasteiger partial charge in [-0.25, -0.2) is 0 Å². The Morgan fingerprint density at radius 2 is 2.10 bits per heavy atom. The quantitative estimate of drug-likeness (QED) is 0.873. The van der Waals surface area contributed by atoms with Crippen LogP contribution in [0.2, 0.25) is 0 Å². The molecule has 2 rings (SSSR count). The minimum atomic E-state index is -0.0961. The van der Waals surface area contributed by atoms with Gasteiger partial charge in [0.05, 0.1) is 11.3 Å². The van der Waals surface area contributed by atoms with Crippen LogP contribution in [0.25, 0.3) is 0 Å². The lowest BCUT2D eigenvalue weighted by molar-refractivity contribution is -0.117. The van der Waals surface area contributed by atoms with Crippen LogP contribution in [-0.4, -0.2) is 18.5 Å². The van der Waals surface area contributed by atoms with Gasteiger partial charge in [0.2, 0.25) is 5.91 Å². The van der Waals surface area contributed by atoms with Crippen LogP contribution in [0.5, 0.6) is 0 Å². The molecular formula is C16H20BrN3O. The molecule has 0 unspecified atom stereocenters. The second kappa shape index (κ2) is 7.06. The van der Waals surface area contributed by atoms with Crippen molar-refractivity contribution in [1.29, 1.82) is 5.26 Å². The molecule has 1 aliphatic carbocycles. The predicted molar refractivity (Wildman–Crippen MR) is 87.0 cm³/mol. The smallest absolute Gasteiger partial charge is 0.226 e. The van der Waals surface area contributed by atoms with Crippen LogP contribution in [0.3, 0.4) is 0 Å². The summed E-state index contributed by atoms with van der Waals surface area (Å²) < 4.78 is 0.845. The van der Waals surface area contributed by atoms with Crippen molar-refractivity contribution in [2.24, 2.45) is 0 Å². The van der Waals surface area contributed by atoms with E-state index >= 15 is 0 Å². The maximum absolute atomic E-state index is 12.3. The fraction of sp³-hybridized carbons (Fsp3) is 0.500. The van der Waals surface area contributed by atoms with E-state index in [2.05, 4.69) is 32.6 Å². The number of nitrogens with one attached hydrogen (secondary N) is 2. The van der Waals surface area contributed by atoms with Crippen LogP contribution in [0.4, 0.5) is 5.69 Å². The number of carbonyl (C=O) groups excluding carboxylic acids is 1. The van der Waals surface area contributed by atoms with Gasteiger partial charge in [0, 0.05) is 16.4 Å². The summed E-state index contributed by atoms with van der Waals surface area (Å²) in [5, 5.41) is 15.3. The summed E-state index contributed by atoms with van der Waals surface area (Å²) in [6, 6.07) is 7.37. The molecular weight excluding hydrogens is 330 g/mol. The van der Waals surface area contributed by atoms with Crippen molar-refractivity contribution in [2.75, 3.05) is 12.4 Å². The highest BCUT2D eigenvalue weighted by atomic mass is 79.9. The third-order valence-electron chi connectivity index (χ3n) is 4.22. The molecule has 5 heteroatoms. The van der Waals surface area contributed by atoms with Gasteiger partial charge < -0.3 is 10.6 Å². The van der Waals surface area contributed by atoms with Crippen LogP contribution < -0.4 is 10.6 Å². The van der Waals surface area contributed by atoms with Gasteiger partial charge in [-0.15, -0.1) is 0 Å². The van der Waals surface area contributed by atoms with Crippen molar-refractivity contribution in [1.82, 2.24) is 5.32 Å². The highest BCUT2D eigenvalue weighted by molar-refractivity contribution is 9.10. The highest BCUT2D eigenvalue weighted by Crippen LogP contribution is 2.31. The third kappa shape index (κ3) is 4.05. The lowest BCUT2D eigenvalue weighted by Gasteiger charge is -2.36. The van der Waals surface area contributed by atoms with Crippen molar-refractivity contribution in [2.45, 2.75) is 44.1 Å². The second-order valence-electron chi connectivity index (χ2n) is 5.62. The number of anilines is 1. The van der Waals surface area contributed by atoms with Crippen molar-refractivity contribution < 1.29 is 4.79 Å². The molecule has 1 aliphatic rings. The summed E-state index contributed by atoms with van der Waals surface area (Å²) in [6.07, 6.45) is 6.07. The zero-order valence-electron chi connectivity index (χ0n) is 12.2. The van der Waals surface area contributed by atoms with Crippen LogP contribution in [-0.2, 0) is 4.79 Å². The molecule has 21 heavy (non-hydrogen) atoms. The molecule has 1 fully saturated rings. The average Bonchev–Trinajstić information content (AvgIpc) is 2.48. The van der Waals surface area contributed by atoms with Crippen molar-refractivity contribution in [3.05, 3.63) is 28.2 Å². The zero-order chi connectivity index (χ0) is 15.3. The Bertz CT molecular complexity index is 559. The van der Waals surface area contributed by atoms with Crippen molar-refractivity contribution >= 4 is 27.5 Å². The van der Waals surface area contributed by atoms with E-state index in [1.165, 1.54) is 6.42 Å². The predicted octanol–water partition coefficient (Wildman–Crippen LogP) is 3.57. The normalized spacial score (nSPS) is 17.0. The number of halogens is 1. The molecule has 1 aromatic rings. The molecule has 1 saturated carbocycles. The second-order valence-corrected chi connectivity index (χ2v) is 6.53. The Hall–Kier alpha value is -1.38. The van der Waals surface area contributed by atoms with E-state index < -0.39 is 0 Å². The van der Waals surface area contributed by atoms with Gasteiger partial charge in [-0.3, -0.25) is 4.79 Å². The molecule has 0 heterocycles. The molecule has 1 aromatic carbocycles. The van der Waals surface area contributed by atoms with Gasteiger partial charge in [0.25, 0.3) is 0 Å². The van der Waals surface area contributed by atoms with E-state index in [9.17, 15) is 4.79 Å². The number of nitrogens with zero attached hydrogens (tertiary/aromatic N) is 1. The van der Waals surface area contributed by atoms with Crippen LogP contribution in [0.1, 0.15) is 44.1 Å². The number of amides is 1. The molecule has 0 bridgehead atoms. The van der Waals surface area contributed by atoms with E-state index in [1.54, 1.807) is 18.2 Å². The first kappa shape index (κ1) is 16.0. The van der Waals surface area contributed by atoms with Gasteiger partial charge in [0.1, 0.15) is 6.07 Å². The SMILES string of the molecule is CNC1(CC(=O)Nc2cc(Br)ccc2C#N)CCCCC1.